The maximum absolute atomic E-state index is 12.8. The molecule has 4 aromatic rings. The van der Waals surface area contributed by atoms with Gasteiger partial charge in [0, 0.05) is 28.5 Å². The van der Waals surface area contributed by atoms with E-state index >= 15 is 0 Å². The van der Waals surface area contributed by atoms with Gasteiger partial charge in [0.05, 0.1) is 0 Å². The van der Waals surface area contributed by atoms with Crippen molar-refractivity contribution in [3.63, 3.8) is 0 Å². The molecule has 0 saturated carbocycles. The van der Waals surface area contributed by atoms with Crippen molar-refractivity contribution in [2.45, 2.75) is 0 Å². The molecule has 3 amide bonds. The second kappa shape index (κ2) is 12.1. The molecule has 0 spiro atoms. The van der Waals surface area contributed by atoms with Crippen LogP contribution >= 0.6 is 11.3 Å². The van der Waals surface area contributed by atoms with Gasteiger partial charge in [0.15, 0.2) is 18.3 Å². The maximum Gasteiger partial charge on any atom is 0.262 e. The Morgan fingerprint density at radius 2 is 1.25 bits per heavy atom. The molecule has 3 N–H and O–H groups in total. The highest BCUT2D eigenvalue weighted by atomic mass is 32.1. The number of thiazole rings is 1. The van der Waals surface area contributed by atoms with E-state index in [-0.39, 0.29) is 18.8 Å². The van der Waals surface area contributed by atoms with Gasteiger partial charge in [0.2, 0.25) is 0 Å². The molecule has 0 bridgehead atoms. The van der Waals surface area contributed by atoms with E-state index in [1.165, 1.54) is 23.5 Å². The number of amides is 3. The Balaban J connectivity index is 1.45. The molecule has 0 atom stereocenters. The molecule has 0 saturated heterocycles. The van der Waals surface area contributed by atoms with Crippen molar-refractivity contribution in [2.24, 2.45) is 0 Å². The summed E-state index contributed by atoms with van der Waals surface area (Å²) in [6.45, 7) is -0.460. The van der Waals surface area contributed by atoms with E-state index < -0.39 is 17.7 Å². The summed E-state index contributed by atoms with van der Waals surface area (Å²) in [5.74, 6) is -0.203. The van der Waals surface area contributed by atoms with Crippen LogP contribution in [0.15, 0.2) is 90.4 Å². The summed E-state index contributed by atoms with van der Waals surface area (Å²) in [4.78, 5) is 41.8. The van der Waals surface area contributed by atoms with Crippen LogP contribution in [0.5, 0.6) is 11.5 Å². The third-order valence-electron chi connectivity index (χ3n) is 4.64. The van der Waals surface area contributed by atoms with Crippen molar-refractivity contribution in [3.8, 4) is 11.5 Å². The first-order chi connectivity index (χ1) is 17.5. The van der Waals surface area contributed by atoms with Crippen molar-refractivity contribution < 1.29 is 23.9 Å². The van der Waals surface area contributed by atoms with Gasteiger partial charge in [-0.3, -0.25) is 19.7 Å². The molecule has 0 radical (unpaired) electrons. The van der Waals surface area contributed by atoms with E-state index in [2.05, 4.69) is 20.9 Å². The summed E-state index contributed by atoms with van der Waals surface area (Å²) >= 11 is 1.27. The minimum Gasteiger partial charge on any atom is -0.484 e. The highest BCUT2D eigenvalue weighted by molar-refractivity contribution is 7.13. The molecule has 1 aromatic heterocycles. The Hall–Kier alpha value is -4.70. The van der Waals surface area contributed by atoms with Crippen LogP contribution < -0.4 is 25.4 Å². The number of benzene rings is 3. The molecule has 10 heteroatoms. The molecule has 3 aromatic carbocycles. The average Bonchev–Trinajstić information content (AvgIpc) is 3.40. The molecular formula is C26H22N4O5S. The monoisotopic (exact) mass is 502 g/mol. The zero-order valence-corrected chi connectivity index (χ0v) is 19.8. The minimum atomic E-state index is -0.447. The molecule has 0 aliphatic carbocycles. The number of ether oxygens (including phenoxy) is 2. The van der Waals surface area contributed by atoms with Crippen molar-refractivity contribution in [1.82, 2.24) is 4.98 Å². The number of carbonyl (C=O) groups excluding carboxylic acids is 3. The molecule has 1 heterocycles. The van der Waals surface area contributed by atoms with Gasteiger partial charge < -0.3 is 20.1 Å². The van der Waals surface area contributed by atoms with Gasteiger partial charge in [-0.2, -0.15) is 0 Å². The van der Waals surface area contributed by atoms with Crippen LogP contribution in [-0.4, -0.2) is 35.9 Å². The summed E-state index contributed by atoms with van der Waals surface area (Å²) in [5.41, 5.74) is 0.830. The Kier molecular flexibility index (Phi) is 8.23. The van der Waals surface area contributed by atoms with E-state index in [4.69, 9.17) is 9.47 Å². The topological polar surface area (TPSA) is 119 Å². The molecule has 182 valence electrons. The highest BCUT2D eigenvalue weighted by Crippen LogP contribution is 2.22. The quantitative estimate of drug-likeness (QED) is 0.295. The predicted molar refractivity (Wildman–Crippen MR) is 138 cm³/mol. The lowest BCUT2D eigenvalue weighted by Crippen LogP contribution is -2.22. The van der Waals surface area contributed by atoms with Crippen LogP contribution in [0.4, 0.5) is 16.5 Å². The third-order valence-corrected chi connectivity index (χ3v) is 5.33. The molecule has 0 unspecified atom stereocenters. The number of rotatable bonds is 10. The van der Waals surface area contributed by atoms with Gasteiger partial charge in [0.1, 0.15) is 11.5 Å². The zero-order chi connectivity index (χ0) is 25.2. The molecule has 4 rings (SSSR count). The summed E-state index contributed by atoms with van der Waals surface area (Å²) < 4.78 is 10.9. The van der Waals surface area contributed by atoms with Crippen LogP contribution in [0.2, 0.25) is 0 Å². The zero-order valence-electron chi connectivity index (χ0n) is 19.0. The smallest absolute Gasteiger partial charge is 0.262 e. The summed E-state index contributed by atoms with van der Waals surface area (Å²) in [6, 6.07) is 22.4. The molecular weight excluding hydrogens is 480 g/mol. The van der Waals surface area contributed by atoms with Crippen LogP contribution in [0.25, 0.3) is 0 Å². The van der Waals surface area contributed by atoms with Crippen LogP contribution in [0, 0.1) is 0 Å². The standard InChI is InChI=1S/C26H22N4O5S/c31-23(16-34-21-7-3-1-4-8-21)28-19-13-18(25(33)30-26-27-11-12-36-26)14-20(15-19)29-24(32)17-35-22-9-5-2-6-10-22/h1-15H,16-17H2,(H,28,31)(H,29,32)(H,27,30,33). The SMILES string of the molecule is O=C(COc1ccccc1)Nc1cc(NC(=O)COc2ccccc2)cc(C(=O)Nc2nccs2)c1. The number of carbonyl (C=O) groups is 3. The number of nitrogens with zero attached hydrogens (tertiary/aromatic N) is 1. The lowest BCUT2D eigenvalue weighted by Gasteiger charge is -2.13. The van der Waals surface area contributed by atoms with Crippen LogP contribution in [0.1, 0.15) is 10.4 Å². The van der Waals surface area contributed by atoms with Crippen LogP contribution in [0.3, 0.4) is 0 Å². The first-order valence-corrected chi connectivity index (χ1v) is 11.7. The normalized spacial score (nSPS) is 10.2. The first kappa shape index (κ1) is 24.4. The van der Waals surface area contributed by atoms with Crippen molar-refractivity contribution in [3.05, 3.63) is 96.0 Å². The minimum absolute atomic E-state index is 0.214. The molecule has 9 nitrogen and oxygen atoms in total. The van der Waals surface area contributed by atoms with Gasteiger partial charge in [-0.1, -0.05) is 36.4 Å². The van der Waals surface area contributed by atoms with Gasteiger partial charge in [-0.15, -0.1) is 11.3 Å². The summed E-state index contributed by atoms with van der Waals surface area (Å²) in [7, 11) is 0. The molecule has 0 aliphatic heterocycles. The summed E-state index contributed by atoms with van der Waals surface area (Å²) in [6.07, 6.45) is 1.57. The van der Waals surface area contributed by atoms with E-state index in [1.54, 1.807) is 66.2 Å². The highest BCUT2D eigenvalue weighted by Gasteiger charge is 2.14. The van der Waals surface area contributed by atoms with Crippen LogP contribution in [-0.2, 0) is 9.59 Å². The van der Waals surface area contributed by atoms with E-state index in [0.29, 0.717) is 28.0 Å². The van der Waals surface area contributed by atoms with Gasteiger partial charge in [0.25, 0.3) is 17.7 Å². The molecule has 36 heavy (non-hydrogen) atoms. The van der Waals surface area contributed by atoms with E-state index in [1.807, 2.05) is 12.1 Å². The number of aromatic nitrogens is 1. The Labute approximate surface area is 211 Å². The summed E-state index contributed by atoms with van der Waals surface area (Å²) in [5, 5.41) is 10.2. The van der Waals surface area contributed by atoms with Gasteiger partial charge in [-0.05, 0) is 42.5 Å². The number of para-hydroxylation sites is 2. The Bertz CT molecular complexity index is 1240. The predicted octanol–water partition coefficient (Wildman–Crippen LogP) is 4.43. The Morgan fingerprint density at radius 1 is 0.722 bits per heavy atom. The molecule has 0 fully saturated rings. The van der Waals surface area contributed by atoms with Crippen molar-refractivity contribution >= 4 is 45.6 Å². The lowest BCUT2D eigenvalue weighted by atomic mass is 10.1. The van der Waals surface area contributed by atoms with Crippen molar-refractivity contribution in [1.29, 1.82) is 0 Å². The average molecular weight is 503 g/mol. The van der Waals surface area contributed by atoms with E-state index in [9.17, 15) is 14.4 Å². The fourth-order valence-corrected chi connectivity index (χ4v) is 3.61. The van der Waals surface area contributed by atoms with E-state index in [0.717, 1.165) is 0 Å². The fourth-order valence-electron chi connectivity index (χ4n) is 3.08. The second-order valence-electron chi connectivity index (χ2n) is 7.39. The second-order valence-corrected chi connectivity index (χ2v) is 8.28. The lowest BCUT2D eigenvalue weighted by molar-refractivity contribution is -0.118. The van der Waals surface area contributed by atoms with Gasteiger partial charge in [-0.25, -0.2) is 4.98 Å². The number of hydrogen-bond acceptors (Lipinski definition) is 7. The van der Waals surface area contributed by atoms with Crippen molar-refractivity contribution in [2.75, 3.05) is 29.2 Å². The largest absolute Gasteiger partial charge is 0.484 e. The number of hydrogen-bond donors (Lipinski definition) is 3. The number of anilines is 3. The first-order valence-electron chi connectivity index (χ1n) is 10.9. The van der Waals surface area contributed by atoms with Gasteiger partial charge >= 0.3 is 0 Å². The Morgan fingerprint density at radius 3 is 1.72 bits per heavy atom. The number of nitrogens with one attached hydrogen (secondary N) is 3. The maximum atomic E-state index is 12.8. The molecule has 0 aliphatic rings. The fraction of sp³-hybridized carbons (Fsp3) is 0.0769. The third kappa shape index (κ3) is 7.40.